The normalized spacial score (nSPS) is 15.9. The van der Waals surface area contributed by atoms with Gasteiger partial charge < -0.3 is 4.42 Å². The van der Waals surface area contributed by atoms with Gasteiger partial charge >= 0.3 is 0 Å². The average Bonchev–Trinajstić information content (AvgIpc) is 3.38. The van der Waals surface area contributed by atoms with Gasteiger partial charge in [0.2, 0.25) is 0 Å². The van der Waals surface area contributed by atoms with E-state index in [-0.39, 0.29) is 22.2 Å². The summed E-state index contributed by atoms with van der Waals surface area (Å²) in [5.74, 6) is 0.898. The van der Waals surface area contributed by atoms with Crippen molar-refractivity contribution >= 4 is 24.2 Å². The standard InChI is InChI=1S/C35H38O3/c1-10-13-26(34(5,6)7)17-15-24-16-18-29-30(19-24)35(8,9)31-21-27(38-33(29)31)20-25(22-36)32(37)28(14-11-2)23(4)12-3/h10-22H,1-2H2,3-9H3/b17-15-,23-12-,25-20-,26-13+,28-14+. The molecule has 1 aliphatic rings. The summed E-state index contributed by atoms with van der Waals surface area (Å²) < 4.78 is 6.23. The fourth-order valence-corrected chi connectivity index (χ4v) is 4.66. The van der Waals surface area contributed by atoms with E-state index in [4.69, 9.17) is 4.42 Å². The number of carbonyl (C=O) groups excluding carboxylic acids is 2. The number of rotatable bonds is 9. The number of ketones is 1. The van der Waals surface area contributed by atoms with Crippen molar-refractivity contribution in [3.05, 3.63) is 119 Å². The van der Waals surface area contributed by atoms with Crippen LogP contribution in [0.15, 0.2) is 101 Å². The SMILES string of the molecule is C=C/C=C(C(=O)/C(C=O)=C\c1cc2c(o1)-c1ccc(/C=C\C(=C/C=C)C(C)(C)C)cc1C2(C)C)\C(C)=C/C. The average molecular weight is 507 g/mol. The highest BCUT2D eigenvalue weighted by Crippen LogP contribution is 2.50. The van der Waals surface area contributed by atoms with Gasteiger partial charge in [-0.05, 0) is 53.7 Å². The molecule has 1 heterocycles. The number of aldehydes is 1. The highest BCUT2D eigenvalue weighted by molar-refractivity contribution is 6.24. The molecule has 0 N–H and O–H groups in total. The van der Waals surface area contributed by atoms with E-state index >= 15 is 0 Å². The molecule has 3 rings (SSSR count). The van der Waals surface area contributed by atoms with Crippen LogP contribution in [0, 0.1) is 5.41 Å². The zero-order chi connectivity index (χ0) is 28.3. The lowest BCUT2D eigenvalue weighted by Gasteiger charge is -2.21. The molecule has 0 saturated carbocycles. The van der Waals surface area contributed by atoms with Crippen molar-refractivity contribution in [2.45, 2.75) is 53.9 Å². The topological polar surface area (TPSA) is 47.3 Å². The van der Waals surface area contributed by atoms with E-state index in [0.717, 1.165) is 28.0 Å². The molecular weight excluding hydrogens is 468 g/mol. The van der Waals surface area contributed by atoms with Gasteiger partial charge in [0.05, 0.1) is 5.57 Å². The Morgan fingerprint density at radius 2 is 1.71 bits per heavy atom. The van der Waals surface area contributed by atoms with E-state index in [2.05, 4.69) is 78.1 Å². The minimum absolute atomic E-state index is 0.0154. The van der Waals surface area contributed by atoms with Gasteiger partial charge in [-0.2, -0.15) is 0 Å². The first kappa shape index (κ1) is 28.6. The second-order valence-corrected chi connectivity index (χ2v) is 11.1. The number of benzene rings is 1. The molecule has 0 radical (unpaired) electrons. The van der Waals surface area contributed by atoms with Crippen molar-refractivity contribution < 1.29 is 14.0 Å². The summed E-state index contributed by atoms with van der Waals surface area (Å²) >= 11 is 0. The molecule has 0 saturated heterocycles. The van der Waals surface area contributed by atoms with Gasteiger partial charge in [-0.1, -0.05) is 109 Å². The van der Waals surface area contributed by atoms with Crippen LogP contribution < -0.4 is 0 Å². The molecule has 196 valence electrons. The van der Waals surface area contributed by atoms with Gasteiger partial charge in [-0.3, -0.25) is 9.59 Å². The van der Waals surface area contributed by atoms with Gasteiger partial charge in [0.25, 0.3) is 0 Å². The van der Waals surface area contributed by atoms with Crippen LogP contribution in [0.1, 0.15) is 70.9 Å². The second kappa shape index (κ2) is 11.2. The molecular formula is C35H38O3. The highest BCUT2D eigenvalue weighted by atomic mass is 16.3. The molecule has 0 bridgehead atoms. The first-order valence-corrected chi connectivity index (χ1v) is 12.9. The van der Waals surface area contributed by atoms with Gasteiger partial charge in [-0.25, -0.2) is 0 Å². The fraction of sp³-hybridized carbons (Fsp3) is 0.257. The minimum atomic E-state index is -0.358. The largest absolute Gasteiger partial charge is 0.456 e. The Bertz CT molecular complexity index is 1440. The predicted molar refractivity (Wildman–Crippen MR) is 160 cm³/mol. The third-order valence-corrected chi connectivity index (χ3v) is 7.08. The third kappa shape index (κ3) is 5.62. The summed E-state index contributed by atoms with van der Waals surface area (Å²) in [4.78, 5) is 25.0. The zero-order valence-corrected chi connectivity index (χ0v) is 23.6. The van der Waals surface area contributed by atoms with Crippen molar-refractivity contribution in [1.82, 2.24) is 0 Å². The summed E-state index contributed by atoms with van der Waals surface area (Å²) in [5, 5.41) is 0. The Morgan fingerprint density at radius 3 is 2.29 bits per heavy atom. The molecule has 0 fully saturated rings. The Morgan fingerprint density at radius 1 is 1.03 bits per heavy atom. The minimum Gasteiger partial charge on any atom is -0.456 e. The van der Waals surface area contributed by atoms with Crippen molar-refractivity contribution in [3.63, 3.8) is 0 Å². The molecule has 1 aromatic heterocycles. The van der Waals surface area contributed by atoms with E-state index in [1.165, 1.54) is 17.2 Å². The first-order valence-electron chi connectivity index (χ1n) is 12.9. The van der Waals surface area contributed by atoms with Crippen molar-refractivity contribution in [2.75, 3.05) is 0 Å². The van der Waals surface area contributed by atoms with Crippen molar-refractivity contribution in [3.8, 4) is 11.3 Å². The Labute approximate surface area is 227 Å². The van der Waals surface area contributed by atoms with Gasteiger partial charge in [0, 0.05) is 22.1 Å². The van der Waals surface area contributed by atoms with Crippen LogP contribution in [-0.4, -0.2) is 12.1 Å². The summed E-state index contributed by atoms with van der Waals surface area (Å²) in [6.45, 7) is 22.1. The van der Waals surface area contributed by atoms with Crippen LogP contribution in [0.4, 0.5) is 0 Å². The number of carbonyl (C=O) groups is 2. The summed E-state index contributed by atoms with van der Waals surface area (Å²) in [6, 6.07) is 8.31. The maximum absolute atomic E-state index is 13.1. The summed E-state index contributed by atoms with van der Waals surface area (Å²) in [6.07, 6.45) is 15.3. The molecule has 1 aliphatic carbocycles. The molecule has 0 aliphatic heterocycles. The zero-order valence-electron chi connectivity index (χ0n) is 23.6. The van der Waals surface area contributed by atoms with E-state index in [1.54, 1.807) is 12.2 Å². The number of fused-ring (bicyclic) bond motifs is 3. The van der Waals surface area contributed by atoms with E-state index < -0.39 is 0 Å². The van der Waals surface area contributed by atoms with E-state index in [1.807, 2.05) is 38.1 Å². The van der Waals surface area contributed by atoms with Crippen LogP contribution in [0.5, 0.6) is 0 Å². The molecule has 1 aromatic carbocycles. The second-order valence-electron chi connectivity index (χ2n) is 11.1. The molecule has 3 heteroatoms. The van der Waals surface area contributed by atoms with Crippen molar-refractivity contribution in [2.24, 2.45) is 5.41 Å². The van der Waals surface area contributed by atoms with E-state index in [0.29, 0.717) is 17.6 Å². The lowest BCUT2D eigenvalue weighted by atomic mass is 9.82. The van der Waals surface area contributed by atoms with Crippen LogP contribution in [0.25, 0.3) is 23.5 Å². The maximum Gasteiger partial charge on any atom is 0.196 e. The Hall–Kier alpha value is -3.98. The smallest absolute Gasteiger partial charge is 0.196 e. The molecule has 0 spiro atoms. The monoisotopic (exact) mass is 506 g/mol. The van der Waals surface area contributed by atoms with Crippen LogP contribution in [-0.2, 0) is 15.0 Å². The highest BCUT2D eigenvalue weighted by Gasteiger charge is 2.38. The number of Topliss-reactive ketones (excluding diaryl/α,β-unsaturated/α-hetero) is 1. The number of hydrogen-bond acceptors (Lipinski definition) is 3. The molecule has 0 amide bonds. The number of furan rings is 1. The Kier molecular flexibility index (Phi) is 8.41. The van der Waals surface area contributed by atoms with E-state index in [9.17, 15) is 9.59 Å². The number of hydrogen-bond donors (Lipinski definition) is 0. The molecule has 0 unspecified atom stereocenters. The Balaban J connectivity index is 2.01. The van der Waals surface area contributed by atoms with Gasteiger partial charge in [0.1, 0.15) is 11.5 Å². The maximum atomic E-state index is 13.1. The first-order chi connectivity index (χ1) is 17.9. The van der Waals surface area contributed by atoms with Crippen LogP contribution >= 0.6 is 0 Å². The van der Waals surface area contributed by atoms with Crippen molar-refractivity contribution in [1.29, 1.82) is 0 Å². The molecule has 3 nitrogen and oxygen atoms in total. The third-order valence-electron chi connectivity index (χ3n) is 7.08. The quantitative estimate of drug-likeness (QED) is 0.112. The lowest BCUT2D eigenvalue weighted by molar-refractivity contribution is -0.114. The molecule has 0 atom stereocenters. The molecule has 38 heavy (non-hydrogen) atoms. The van der Waals surface area contributed by atoms with Gasteiger partial charge in [0.15, 0.2) is 12.1 Å². The summed E-state index contributed by atoms with van der Waals surface area (Å²) in [5.41, 5.74) is 6.51. The number of allylic oxidation sites excluding steroid dienone is 10. The van der Waals surface area contributed by atoms with Gasteiger partial charge in [-0.15, -0.1) is 0 Å². The van der Waals surface area contributed by atoms with Crippen LogP contribution in [0.3, 0.4) is 0 Å². The molecule has 2 aromatic rings. The summed E-state index contributed by atoms with van der Waals surface area (Å²) in [7, 11) is 0. The fourth-order valence-electron chi connectivity index (χ4n) is 4.66. The lowest BCUT2D eigenvalue weighted by Crippen LogP contribution is -2.14. The predicted octanol–water partition coefficient (Wildman–Crippen LogP) is 8.99. The van der Waals surface area contributed by atoms with Crippen LogP contribution in [0.2, 0.25) is 0 Å².